The molecule has 1 fully saturated rings. The fourth-order valence-electron chi connectivity index (χ4n) is 3.58. The standard InChI is InChI=1S/C21H20N6OS/c1-26-12-18(10-24-26)15-3-2-4-16(7-15)21-22-8-17(9-23-21)19-11-25-27(13-19)20-5-6-29(28)14-20/h2-4,7-13,20H,5-6,14H2,1H3. The molecule has 1 aliphatic rings. The zero-order chi connectivity index (χ0) is 19.8. The van der Waals surface area contributed by atoms with E-state index >= 15 is 0 Å². The summed E-state index contributed by atoms with van der Waals surface area (Å²) in [6.45, 7) is 0. The van der Waals surface area contributed by atoms with Crippen molar-refractivity contribution in [1.82, 2.24) is 29.5 Å². The Morgan fingerprint density at radius 2 is 1.69 bits per heavy atom. The Kier molecular flexibility index (Phi) is 4.55. The number of aryl methyl sites for hydroxylation is 1. The van der Waals surface area contributed by atoms with Crippen LogP contribution in [-0.4, -0.2) is 45.2 Å². The third kappa shape index (κ3) is 3.63. The fourth-order valence-corrected chi connectivity index (χ4v) is 5.03. The molecule has 0 amide bonds. The topological polar surface area (TPSA) is 78.5 Å². The zero-order valence-corrected chi connectivity index (χ0v) is 16.8. The van der Waals surface area contributed by atoms with E-state index in [9.17, 15) is 4.21 Å². The first-order valence-corrected chi connectivity index (χ1v) is 11.0. The van der Waals surface area contributed by atoms with Gasteiger partial charge in [-0.3, -0.25) is 13.6 Å². The minimum Gasteiger partial charge on any atom is -0.275 e. The van der Waals surface area contributed by atoms with Gasteiger partial charge in [0.2, 0.25) is 0 Å². The lowest BCUT2D eigenvalue weighted by molar-refractivity contribution is 0.501. The summed E-state index contributed by atoms with van der Waals surface area (Å²) in [6.07, 6.45) is 12.2. The van der Waals surface area contributed by atoms with Crippen LogP contribution in [0.1, 0.15) is 12.5 Å². The summed E-state index contributed by atoms with van der Waals surface area (Å²) in [6, 6.07) is 8.36. The first-order chi connectivity index (χ1) is 14.2. The molecule has 1 saturated heterocycles. The average molecular weight is 404 g/mol. The number of nitrogens with zero attached hydrogens (tertiary/aromatic N) is 6. The van der Waals surface area contributed by atoms with E-state index in [0.29, 0.717) is 11.6 Å². The molecule has 2 atom stereocenters. The van der Waals surface area contributed by atoms with Gasteiger partial charge < -0.3 is 0 Å². The number of hydrogen-bond acceptors (Lipinski definition) is 5. The van der Waals surface area contributed by atoms with Crippen LogP contribution in [0.2, 0.25) is 0 Å². The van der Waals surface area contributed by atoms with Crippen molar-refractivity contribution in [3.63, 3.8) is 0 Å². The molecule has 4 aromatic rings. The van der Waals surface area contributed by atoms with Gasteiger partial charge in [-0.15, -0.1) is 0 Å². The smallest absolute Gasteiger partial charge is 0.159 e. The van der Waals surface area contributed by atoms with Crippen molar-refractivity contribution in [3.05, 3.63) is 61.4 Å². The normalized spacial score (nSPS) is 18.9. The van der Waals surface area contributed by atoms with E-state index in [1.165, 1.54) is 0 Å². The Morgan fingerprint density at radius 3 is 2.41 bits per heavy atom. The highest BCUT2D eigenvalue weighted by molar-refractivity contribution is 7.85. The maximum Gasteiger partial charge on any atom is 0.159 e. The van der Waals surface area contributed by atoms with Crippen LogP contribution in [0.5, 0.6) is 0 Å². The van der Waals surface area contributed by atoms with Crippen LogP contribution in [-0.2, 0) is 17.8 Å². The summed E-state index contributed by atoms with van der Waals surface area (Å²) in [4.78, 5) is 9.13. The van der Waals surface area contributed by atoms with Gasteiger partial charge in [-0.1, -0.05) is 18.2 Å². The molecule has 8 heteroatoms. The SMILES string of the molecule is Cn1cc(-c2cccc(-c3ncc(-c4cnn(C5CCS(=O)C5)c4)cn3)c2)cn1. The summed E-state index contributed by atoms with van der Waals surface area (Å²) in [5.41, 5.74) is 4.99. The predicted molar refractivity (Wildman–Crippen MR) is 112 cm³/mol. The largest absolute Gasteiger partial charge is 0.275 e. The summed E-state index contributed by atoms with van der Waals surface area (Å²) < 4.78 is 15.3. The van der Waals surface area contributed by atoms with Crippen LogP contribution in [0, 0.1) is 0 Å². The Bertz CT molecular complexity index is 1180. The van der Waals surface area contributed by atoms with Crippen molar-refractivity contribution >= 4 is 10.8 Å². The molecule has 0 spiro atoms. The summed E-state index contributed by atoms with van der Waals surface area (Å²) in [5, 5.41) is 8.69. The minimum atomic E-state index is -0.718. The molecule has 0 saturated carbocycles. The Morgan fingerprint density at radius 1 is 0.931 bits per heavy atom. The highest BCUT2D eigenvalue weighted by atomic mass is 32.2. The molecule has 2 unspecified atom stereocenters. The molecule has 0 radical (unpaired) electrons. The molecule has 4 heterocycles. The highest BCUT2D eigenvalue weighted by Crippen LogP contribution is 2.26. The molecule has 0 aliphatic carbocycles. The Labute approximate surface area is 170 Å². The molecule has 3 aromatic heterocycles. The van der Waals surface area contributed by atoms with E-state index in [1.807, 2.05) is 61.0 Å². The van der Waals surface area contributed by atoms with Crippen molar-refractivity contribution in [1.29, 1.82) is 0 Å². The zero-order valence-electron chi connectivity index (χ0n) is 16.0. The molecule has 7 nitrogen and oxygen atoms in total. The molecule has 29 heavy (non-hydrogen) atoms. The van der Waals surface area contributed by atoms with Gasteiger partial charge in [0.05, 0.1) is 18.4 Å². The summed E-state index contributed by atoms with van der Waals surface area (Å²) in [7, 11) is 1.19. The van der Waals surface area contributed by atoms with Crippen molar-refractivity contribution < 1.29 is 4.21 Å². The van der Waals surface area contributed by atoms with Crippen molar-refractivity contribution in [3.8, 4) is 33.6 Å². The van der Waals surface area contributed by atoms with Gasteiger partial charge in [-0.25, -0.2) is 9.97 Å². The number of aromatic nitrogens is 6. The molecule has 146 valence electrons. The lowest BCUT2D eigenvalue weighted by Crippen LogP contribution is -2.09. The maximum absolute atomic E-state index is 11.6. The van der Waals surface area contributed by atoms with Gasteiger partial charge >= 0.3 is 0 Å². The van der Waals surface area contributed by atoms with Crippen LogP contribution in [0.15, 0.2) is 61.4 Å². The van der Waals surface area contributed by atoms with Gasteiger partial charge in [0, 0.05) is 76.4 Å². The van der Waals surface area contributed by atoms with Gasteiger partial charge in [0.15, 0.2) is 5.82 Å². The molecular formula is C21H20N6OS. The fraction of sp³-hybridized carbons (Fsp3) is 0.238. The predicted octanol–water partition coefficient (Wildman–Crippen LogP) is 3.10. The van der Waals surface area contributed by atoms with E-state index in [1.54, 1.807) is 4.68 Å². The molecule has 5 rings (SSSR count). The third-order valence-corrected chi connectivity index (χ3v) is 6.62. The van der Waals surface area contributed by atoms with Gasteiger partial charge in [0.25, 0.3) is 0 Å². The number of hydrogen-bond donors (Lipinski definition) is 0. The lowest BCUT2D eigenvalue weighted by atomic mass is 10.1. The maximum atomic E-state index is 11.6. The first kappa shape index (κ1) is 17.9. The summed E-state index contributed by atoms with van der Waals surface area (Å²) in [5.74, 6) is 2.12. The highest BCUT2D eigenvalue weighted by Gasteiger charge is 2.23. The van der Waals surface area contributed by atoms with Crippen molar-refractivity contribution in [2.45, 2.75) is 12.5 Å². The lowest BCUT2D eigenvalue weighted by Gasteiger charge is -2.07. The monoisotopic (exact) mass is 404 g/mol. The van der Waals surface area contributed by atoms with Crippen molar-refractivity contribution in [2.75, 3.05) is 11.5 Å². The second-order valence-corrected chi connectivity index (χ2v) is 8.86. The third-order valence-electron chi connectivity index (χ3n) is 5.18. The molecular weight excluding hydrogens is 384 g/mol. The van der Waals surface area contributed by atoms with E-state index < -0.39 is 10.8 Å². The van der Waals surface area contributed by atoms with E-state index in [-0.39, 0.29) is 6.04 Å². The van der Waals surface area contributed by atoms with Gasteiger partial charge in [0.1, 0.15) is 0 Å². The number of rotatable bonds is 4. The van der Waals surface area contributed by atoms with Crippen LogP contribution in [0.25, 0.3) is 33.6 Å². The van der Waals surface area contributed by atoms with E-state index in [4.69, 9.17) is 0 Å². The van der Waals surface area contributed by atoms with Gasteiger partial charge in [-0.2, -0.15) is 10.2 Å². The van der Waals surface area contributed by atoms with Crippen LogP contribution >= 0.6 is 0 Å². The second kappa shape index (κ2) is 7.36. The molecule has 0 N–H and O–H groups in total. The molecule has 1 aliphatic heterocycles. The molecule has 0 bridgehead atoms. The van der Waals surface area contributed by atoms with E-state index in [0.717, 1.165) is 40.0 Å². The Balaban J connectivity index is 1.38. The van der Waals surface area contributed by atoms with E-state index in [2.05, 4.69) is 32.3 Å². The minimum absolute atomic E-state index is 0.222. The van der Waals surface area contributed by atoms with Gasteiger partial charge in [-0.05, 0) is 18.1 Å². The summed E-state index contributed by atoms with van der Waals surface area (Å²) >= 11 is 0. The second-order valence-electron chi connectivity index (χ2n) is 7.24. The average Bonchev–Trinajstić information content (AvgIpc) is 3.49. The molecule has 1 aromatic carbocycles. The Hall–Kier alpha value is -3.13. The van der Waals surface area contributed by atoms with Crippen LogP contribution in [0.3, 0.4) is 0 Å². The number of benzene rings is 1. The van der Waals surface area contributed by atoms with Crippen LogP contribution in [0.4, 0.5) is 0 Å². The first-order valence-electron chi connectivity index (χ1n) is 9.47. The van der Waals surface area contributed by atoms with Crippen molar-refractivity contribution in [2.24, 2.45) is 7.05 Å². The quantitative estimate of drug-likeness (QED) is 0.522. The van der Waals surface area contributed by atoms with Crippen LogP contribution < -0.4 is 0 Å².